The summed E-state index contributed by atoms with van der Waals surface area (Å²) < 4.78 is 0. The third kappa shape index (κ3) is 3.36. The minimum absolute atomic E-state index is 0.0455. The van der Waals surface area contributed by atoms with Crippen LogP contribution in [0.25, 0.3) is 0 Å². The molecule has 1 aromatic heterocycles. The van der Waals surface area contributed by atoms with Crippen LogP contribution in [0.15, 0.2) is 18.3 Å². The summed E-state index contributed by atoms with van der Waals surface area (Å²) in [5.74, 6) is 1.62. The summed E-state index contributed by atoms with van der Waals surface area (Å²) in [4.78, 5) is 19.3. The van der Waals surface area contributed by atoms with Gasteiger partial charge in [-0.05, 0) is 43.7 Å². The zero-order chi connectivity index (χ0) is 14.7. The Morgan fingerprint density at radius 2 is 2.10 bits per heavy atom. The quantitative estimate of drug-likeness (QED) is 0.929. The number of anilines is 1. The van der Waals surface area contributed by atoms with Crippen molar-refractivity contribution in [3.8, 4) is 0 Å². The molecular formula is C17H25N3O. The van der Waals surface area contributed by atoms with E-state index in [-0.39, 0.29) is 5.91 Å². The Bertz CT molecular complexity index is 497. The maximum atomic E-state index is 12.6. The monoisotopic (exact) mass is 287 g/mol. The van der Waals surface area contributed by atoms with Gasteiger partial charge in [0.05, 0.1) is 5.56 Å². The number of nitrogens with zero attached hydrogens (tertiary/aromatic N) is 2. The first-order valence-electron chi connectivity index (χ1n) is 8.25. The zero-order valence-corrected chi connectivity index (χ0v) is 12.8. The van der Waals surface area contributed by atoms with E-state index in [0.29, 0.717) is 6.04 Å². The summed E-state index contributed by atoms with van der Waals surface area (Å²) in [5.41, 5.74) is 0.734. The number of hydrogen-bond donors (Lipinski definition) is 1. The van der Waals surface area contributed by atoms with Gasteiger partial charge >= 0.3 is 0 Å². The lowest BCUT2D eigenvalue weighted by Gasteiger charge is -2.28. The van der Waals surface area contributed by atoms with Crippen molar-refractivity contribution in [1.29, 1.82) is 0 Å². The molecule has 2 unspecified atom stereocenters. The van der Waals surface area contributed by atoms with Crippen LogP contribution in [-0.2, 0) is 0 Å². The highest BCUT2D eigenvalue weighted by Gasteiger charge is 2.24. The number of carbonyl (C=O) groups is 1. The second kappa shape index (κ2) is 6.46. The van der Waals surface area contributed by atoms with Crippen LogP contribution in [0.5, 0.6) is 0 Å². The highest BCUT2D eigenvalue weighted by Crippen LogP contribution is 2.25. The van der Waals surface area contributed by atoms with E-state index in [4.69, 9.17) is 0 Å². The molecular weight excluding hydrogens is 262 g/mol. The molecule has 114 valence electrons. The summed E-state index contributed by atoms with van der Waals surface area (Å²) in [5, 5.41) is 3.22. The average Bonchev–Trinajstić information content (AvgIpc) is 3.01. The van der Waals surface area contributed by atoms with Gasteiger partial charge in [0.15, 0.2) is 0 Å². The van der Waals surface area contributed by atoms with E-state index in [1.807, 2.05) is 12.1 Å². The Morgan fingerprint density at radius 1 is 1.29 bits per heavy atom. The Hall–Kier alpha value is -1.58. The van der Waals surface area contributed by atoms with Crippen LogP contribution >= 0.6 is 0 Å². The molecule has 2 heterocycles. The van der Waals surface area contributed by atoms with Gasteiger partial charge in [0.25, 0.3) is 5.91 Å². The van der Waals surface area contributed by atoms with Crippen molar-refractivity contribution in [3.63, 3.8) is 0 Å². The van der Waals surface area contributed by atoms with Crippen LogP contribution in [0.2, 0.25) is 0 Å². The number of carbonyl (C=O) groups excluding carboxylic acids is 1. The predicted molar refractivity (Wildman–Crippen MR) is 84.6 cm³/mol. The Morgan fingerprint density at radius 3 is 2.86 bits per heavy atom. The molecule has 3 rings (SSSR count). The zero-order valence-electron chi connectivity index (χ0n) is 12.8. The first-order chi connectivity index (χ1) is 10.2. The van der Waals surface area contributed by atoms with Crippen LogP contribution < -0.4 is 10.2 Å². The van der Waals surface area contributed by atoms with E-state index in [1.54, 1.807) is 6.20 Å². The minimum Gasteiger partial charge on any atom is -0.356 e. The van der Waals surface area contributed by atoms with Gasteiger partial charge < -0.3 is 10.2 Å². The summed E-state index contributed by atoms with van der Waals surface area (Å²) >= 11 is 0. The molecule has 1 saturated heterocycles. The Balaban J connectivity index is 1.72. The maximum absolute atomic E-state index is 12.6. The van der Waals surface area contributed by atoms with Gasteiger partial charge in [-0.25, -0.2) is 4.98 Å². The number of nitrogens with one attached hydrogen (secondary N) is 1. The van der Waals surface area contributed by atoms with Gasteiger partial charge in [0.2, 0.25) is 0 Å². The normalized spacial score (nSPS) is 25.9. The second-order valence-corrected chi connectivity index (χ2v) is 6.51. The van der Waals surface area contributed by atoms with Crippen LogP contribution in [-0.4, -0.2) is 30.0 Å². The van der Waals surface area contributed by atoms with Crippen molar-refractivity contribution in [2.75, 3.05) is 18.0 Å². The third-order valence-corrected chi connectivity index (χ3v) is 4.71. The first kappa shape index (κ1) is 14.4. The first-order valence-corrected chi connectivity index (χ1v) is 8.25. The van der Waals surface area contributed by atoms with E-state index < -0.39 is 0 Å². The largest absolute Gasteiger partial charge is 0.356 e. The van der Waals surface area contributed by atoms with Crippen molar-refractivity contribution in [1.82, 2.24) is 10.3 Å². The van der Waals surface area contributed by atoms with Crippen LogP contribution in [0, 0.1) is 5.92 Å². The molecule has 0 radical (unpaired) electrons. The topological polar surface area (TPSA) is 45.2 Å². The fraction of sp³-hybridized carbons (Fsp3) is 0.647. The van der Waals surface area contributed by atoms with E-state index in [2.05, 4.69) is 22.1 Å². The fourth-order valence-corrected chi connectivity index (χ4v) is 3.58. The molecule has 1 amide bonds. The molecule has 21 heavy (non-hydrogen) atoms. The van der Waals surface area contributed by atoms with Crippen molar-refractivity contribution in [2.24, 2.45) is 5.92 Å². The van der Waals surface area contributed by atoms with Crippen molar-refractivity contribution < 1.29 is 4.79 Å². The van der Waals surface area contributed by atoms with Crippen LogP contribution in [0.1, 0.15) is 55.8 Å². The van der Waals surface area contributed by atoms with Gasteiger partial charge in [-0.3, -0.25) is 4.79 Å². The van der Waals surface area contributed by atoms with Gasteiger partial charge in [-0.15, -0.1) is 0 Å². The van der Waals surface area contributed by atoms with Crippen molar-refractivity contribution in [2.45, 2.75) is 51.5 Å². The lowest BCUT2D eigenvalue weighted by molar-refractivity contribution is 0.0921. The fourth-order valence-electron chi connectivity index (χ4n) is 3.58. The molecule has 2 aliphatic rings. The molecule has 2 atom stereocenters. The number of amides is 1. The lowest BCUT2D eigenvalue weighted by Crippen LogP contribution is -2.38. The number of rotatable bonds is 3. The molecule has 0 aromatic carbocycles. The van der Waals surface area contributed by atoms with Crippen LogP contribution in [0.4, 0.5) is 5.82 Å². The molecule has 1 aromatic rings. The van der Waals surface area contributed by atoms with Gasteiger partial charge in [0, 0.05) is 25.3 Å². The van der Waals surface area contributed by atoms with E-state index in [1.165, 1.54) is 25.7 Å². The number of hydrogen-bond acceptors (Lipinski definition) is 3. The van der Waals surface area contributed by atoms with E-state index in [0.717, 1.165) is 43.2 Å². The second-order valence-electron chi connectivity index (χ2n) is 6.51. The summed E-state index contributed by atoms with van der Waals surface area (Å²) in [6, 6.07) is 4.09. The summed E-state index contributed by atoms with van der Waals surface area (Å²) in [6.07, 6.45) is 8.89. The molecule has 0 spiro atoms. The molecule has 1 N–H and O–H groups in total. The minimum atomic E-state index is 0.0455. The molecule has 0 bridgehead atoms. The smallest absolute Gasteiger partial charge is 0.255 e. The Kier molecular flexibility index (Phi) is 4.42. The lowest BCUT2D eigenvalue weighted by atomic mass is 9.87. The third-order valence-electron chi connectivity index (χ3n) is 4.71. The van der Waals surface area contributed by atoms with Crippen molar-refractivity contribution in [3.05, 3.63) is 23.9 Å². The predicted octanol–water partition coefficient (Wildman–Crippen LogP) is 2.99. The molecule has 1 aliphatic heterocycles. The molecule has 4 nitrogen and oxygen atoms in total. The number of pyridine rings is 1. The standard InChI is InChI=1S/C17H25N3O/c1-13-6-4-7-14(12-13)19-17(21)15-8-5-9-18-16(15)20-10-2-3-11-20/h5,8-9,13-14H,2-4,6-7,10-12H2,1H3,(H,19,21). The van der Waals surface area contributed by atoms with E-state index in [9.17, 15) is 4.79 Å². The molecule has 1 saturated carbocycles. The van der Waals surface area contributed by atoms with Gasteiger partial charge in [-0.2, -0.15) is 0 Å². The summed E-state index contributed by atoms with van der Waals surface area (Å²) in [6.45, 7) is 4.30. The van der Waals surface area contributed by atoms with Gasteiger partial charge in [0.1, 0.15) is 5.82 Å². The number of aromatic nitrogens is 1. The van der Waals surface area contributed by atoms with Crippen LogP contribution in [0.3, 0.4) is 0 Å². The molecule has 4 heteroatoms. The summed E-state index contributed by atoms with van der Waals surface area (Å²) in [7, 11) is 0. The highest BCUT2D eigenvalue weighted by atomic mass is 16.1. The highest BCUT2D eigenvalue weighted by molar-refractivity contribution is 5.99. The average molecular weight is 287 g/mol. The van der Waals surface area contributed by atoms with Gasteiger partial charge in [-0.1, -0.05) is 19.8 Å². The van der Waals surface area contributed by atoms with Crippen molar-refractivity contribution >= 4 is 11.7 Å². The SMILES string of the molecule is CC1CCCC(NC(=O)c2cccnc2N2CCCC2)C1. The Labute approximate surface area is 126 Å². The molecule has 2 fully saturated rings. The maximum Gasteiger partial charge on any atom is 0.255 e. The van der Waals surface area contributed by atoms with E-state index >= 15 is 0 Å². The molecule has 1 aliphatic carbocycles.